The summed E-state index contributed by atoms with van der Waals surface area (Å²) in [5, 5.41) is 13.6. The molecule has 1 aromatic carbocycles. The molecular formula is C27H36N4OS. The smallest absolute Gasteiger partial charge is 0.239 e. The van der Waals surface area contributed by atoms with Gasteiger partial charge in [0.05, 0.1) is 12.1 Å². The molecule has 1 aliphatic carbocycles. The van der Waals surface area contributed by atoms with Crippen LogP contribution < -0.4 is 10.2 Å². The molecule has 1 aromatic heterocycles. The van der Waals surface area contributed by atoms with Gasteiger partial charge in [-0.25, -0.2) is 0 Å². The highest BCUT2D eigenvalue weighted by Gasteiger charge is 2.32. The lowest BCUT2D eigenvalue weighted by atomic mass is 9.72. The van der Waals surface area contributed by atoms with E-state index < -0.39 is 0 Å². The Morgan fingerprint density at radius 3 is 2.61 bits per heavy atom. The number of nitrogens with zero attached hydrogens (tertiary/aromatic N) is 3. The summed E-state index contributed by atoms with van der Waals surface area (Å²) in [4.78, 5) is 18.8. The third-order valence-corrected chi connectivity index (χ3v) is 8.68. The number of nitrogens with one attached hydrogen (secondary N) is 1. The van der Waals surface area contributed by atoms with E-state index in [2.05, 4.69) is 74.0 Å². The molecule has 0 radical (unpaired) electrons. The zero-order valence-corrected chi connectivity index (χ0v) is 21.4. The number of amides is 1. The number of thiophene rings is 1. The molecular weight excluding hydrogens is 428 g/mol. The van der Waals surface area contributed by atoms with Crippen LogP contribution in [0.1, 0.15) is 54.3 Å². The maximum absolute atomic E-state index is 12.9. The van der Waals surface area contributed by atoms with Crippen LogP contribution in [0, 0.1) is 36.5 Å². The summed E-state index contributed by atoms with van der Waals surface area (Å²) in [6.45, 7) is 15.2. The quantitative estimate of drug-likeness (QED) is 0.680. The number of fused-ring (bicyclic) bond motifs is 1. The predicted octanol–water partition coefficient (Wildman–Crippen LogP) is 5.15. The highest BCUT2D eigenvalue weighted by atomic mass is 32.1. The van der Waals surface area contributed by atoms with E-state index in [1.807, 2.05) is 0 Å². The van der Waals surface area contributed by atoms with Crippen LogP contribution in [0.15, 0.2) is 18.2 Å². The molecule has 1 unspecified atom stereocenters. The van der Waals surface area contributed by atoms with E-state index in [1.165, 1.54) is 27.3 Å². The molecule has 1 N–H and O–H groups in total. The summed E-state index contributed by atoms with van der Waals surface area (Å²) in [5.74, 6) is 0.602. The molecule has 2 aromatic rings. The first kappa shape index (κ1) is 23.8. The lowest BCUT2D eigenvalue weighted by molar-refractivity contribution is -0.117. The van der Waals surface area contributed by atoms with Crippen LogP contribution in [0.2, 0.25) is 0 Å². The number of hydrogen-bond acceptors (Lipinski definition) is 5. The zero-order chi connectivity index (χ0) is 23.8. The molecule has 4 rings (SSSR count). The molecule has 0 bridgehead atoms. The van der Waals surface area contributed by atoms with Crippen molar-refractivity contribution in [3.8, 4) is 6.07 Å². The standard InChI is InChI=1S/C27H36N4OS/c1-18-7-6-8-23(19(18)2)31-13-11-30(12-14-31)17-25(32)29-26-22(16-28)21-10-9-20(27(3,4)5)15-24(21)33-26/h6-8,20H,9-15,17H2,1-5H3,(H,29,32). The monoisotopic (exact) mass is 464 g/mol. The molecule has 6 heteroatoms. The second-order valence-electron chi connectivity index (χ2n) is 10.7. The van der Waals surface area contributed by atoms with Crippen LogP contribution in [0.3, 0.4) is 0 Å². The van der Waals surface area contributed by atoms with Crippen LogP contribution in [0.25, 0.3) is 0 Å². The van der Waals surface area contributed by atoms with E-state index in [9.17, 15) is 10.1 Å². The fraction of sp³-hybridized carbons (Fsp3) is 0.556. The summed E-state index contributed by atoms with van der Waals surface area (Å²) in [7, 11) is 0. The number of hydrogen-bond donors (Lipinski definition) is 1. The van der Waals surface area contributed by atoms with Gasteiger partial charge in [-0.05, 0) is 67.2 Å². The Morgan fingerprint density at radius 2 is 1.94 bits per heavy atom. The van der Waals surface area contributed by atoms with Gasteiger partial charge in [0, 0.05) is 36.7 Å². The first-order valence-electron chi connectivity index (χ1n) is 12.1. The Kier molecular flexibility index (Phi) is 6.83. The van der Waals surface area contributed by atoms with Crippen LogP contribution in [-0.4, -0.2) is 43.5 Å². The third-order valence-electron chi connectivity index (χ3n) is 7.51. The van der Waals surface area contributed by atoms with Crippen LogP contribution in [-0.2, 0) is 17.6 Å². The van der Waals surface area contributed by atoms with Crippen LogP contribution in [0.4, 0.5) is 10.7 Å². The fourth-order valence-electron chi connectivity index (χ4n) is 5.13. The van der Waals surface area contributed by atoms with Crippen LogP contribution in [0.5, 0.6) is 0 Å². The highest BCUT2D eigenvalue weighted by molar-refractivity contribution is 7.16. The highest BCUT2D eigenvalue weighted by Crippen LogP contribution is 2.44. The zero-order valence-electron chi connectivity index (χ0n) is 20.6. The fourth-order valence-corrected chi connectivity index (χ4v) is 6.42. The minimum absolute atomic E-state index is 0.0161. The SMILES string of the molecule is Cc1cccc(N2CCN(CC(=O)Nc3sc4c(c3C#N)CCC(C(C)(C)C)C4)CC2)c1C. The number of carbonyl (C=O) groups excluding carboxylic acids is 1. The van der Waals surface area contributed by atoms with Gasteiger partial charge >= 0.3 is 0 Å². The number of benzene rings is 1. The Balaban J connectivity index is 1.36. The van der Waals surface area contributed by atoms with E-state index in [4.69, 9.17) is 0 Å². The van der Waals surface area contributed by atoms with Gasteiger partial charge in [-0.15, -0.1) is 11.3 Å². The summed E-state index contributed by atoms with van der Waals surface area (Å²) in [6, 6.07) is 8.84. The number of carbonyl (C=O) groups is 1. The van der Waals surface area contributed by atoms with Gasteiger partial charge in [0.2, 0.25) is 5.91 Å². The van der Waals surface area contributed by atoms with Gasteiger partial charge in [-0.1, -0.05) is 32.9 Å². The van der Waals surface area contributed by atoms with Gasteiger partial charge in [-0.2, -0.15) is 5.26 Å². The van der Waals surface area contributed by atoms with Crippen molar-refractivity contribution in [2.45, 2.75) is 53.9 Å². The van der Waals surface area contributed by atoms with Gasteiger partial charge in [0.25, 0.3) is 0 Å². The molecule has 0 saturated carbocycles. The summed E-state index contributed by atoms with van der Waals surface area (Å²) in [6.07, 6.45) is 3.06. The lowest BCUT2D eigenvalue weighted by Crippen LogP contribution is -2.48. The number of aryl methyl sites for hydroxylation is 1. The molecule has 1 fully saturated rings. The maximum Gasteiger partial charge on any atom is 0.239 e. The van der Waals surface area contributed by atoms with E-state index in [-0.39, 0.29) is 11.3 Å². The third kappa shape index (κ3) is 5.10. The molecule has 33 heavy (non-hydrogen) atoms. The minimum Gasteiger partial charge on any atom is -0.369 e. The molecule has 1 amide bonds. The number of nitriles is 1. The molecule has 1 aliphatic heterocycles. The Morgan fingerprint density at radius 1 is 1.21 bits per heavy atom. The van der Waals surface area contributed by atoms with Gasteiger partial charge < -0.3 is 10.2 Å². The van der Waals surface area contributed by atoms with Gasteiger partial charge in [0.15, 0.2) is 0 Å². The molecule has 0 spiro atoms. The van der Waals surface area contributed by atoms with E-state index in [1.54, 1.807) is 11.3 Å². The molecule has 5 nitrogen and oxygen atoms in total. The Hall–Kier alpha value is -2.36. The molecule has 2 aliphatic rings. The van der Waals surface area contributed by atoms with Crippen molar-refractivity contribution in [2.75, 3.05) is 42.9 Å². The van der Waals surface area contributed by atoms with E-state index in [0.29, 0.717) is 18.0 Å². The second kappa shape index (κ2) is 9.48. The van der Waals surface area contributed by atoms with Crippen molar-refractivity contribution in [2.24, 2.45) is 11.3 Å². The van der Waals surface area contributed by atoms with Crippen molar-refractivity contribution in [3.05, 3.63) is 45.3 Å². The first-order chi connectivity index (χ1) is 15.7. The molecule has 1 atom stereocenters. The molecule has 2 heterocycles. The average Bonchev–Trinajstić information content (AvgIpc) is 3.11. The first-order valence-corrected chi connectivity index (χ1v) is 12.9. The number of rotatable bonds is 4. The van der Waals surface area contributed by atoms with E-state index >= 15 is 0 Å². The van der Waals surface area contributed by atoms with E-state index in [0.717, 1.165) is 50.4 Å². The Labute approximate surface area is 202 Å². The van der Waals surface area contributed by atoms with Crippen molar-refractivity contribution in [3.63, 3.8) is 0 Å². The largest absolute Gasteiger partial charge is 0.369 e. The summed E-state index contributed by atoms with van der Waals surface area (Å²) in [5.41, 5.74) is 6.07. The summed E-state index contributed by atoms with van der Waals surface area (Å²) >= 11 is 1.62. The van der Waals surface area contributed by atoms with Gasteiger partial charge in [0.1, 0.15) is 11.1 Å². The second-order valence-corrected chi connectivity index (χ2v) is 11.8. The normalized spacial score (nSPS) is 19.2. The number of anilines is 2. The average molecular weight is 465 g/mol. The summed E-state index contributed by atoms with van der Waals surface area (Å²) < 4.78 is 0. The Bertz CT molecular complexity index is 1070. The van der Waals surface area contributed by atoms with Crippen molar-refractivity contribution < 1.29 is 4.79 Å². The lowest BCUT2D eigenvalue weighted by Gasteiger charge is -2.36. The topological polar surface area (TPSA) is 59.4 Å². The van der Waals surface area contributed by atoms with Crippen molar-refractivity contribution in [1.82, 2.24) is 4.90 Å². The predicted molar refractivity (Wildman–Crippen MR) is 137 cm³/mol. The maximum atomic E-state index is 12.9. The van der Waals surface area contributed by atoms with Crippen LogP contribution >= 0.6 is 11.3 Å². The molecule has 176 valence electrons. The molecule has 1 saturated heterocycles. The van der Waals surface area contributed by atoms with Crippen molar-refractivity contribution in [1.29, 1.82) is 5.26 Å². The van der Waals surface area contributed by atoms with Crippen molar-refractivity contribution >= 4 is 27.9 Å². The van der Waals surface area contributed by atoms with Gasteiger partial charge in [-0.3, -0.25) is 9.69 Å². The minimum atomic E-state index is -0.0161. The number of piperazine rings is 1.